The first-order valence-corrected chi connectivity index (χ1v) is 18.5. The number of hydrogen-bond donors (Lipinski definition) is 4. The number of nitrogens with one attached hydrogen (secondary N) is 2. The quantitative estimate of drug-likeness (QED) is 0.126. The first kappa shape index (κ1) is 37.3. The molecule has 1 aliphatic rings. The minimum Gasteiger partial charge on any atom is -0.366 e. The summed E-state index contributed by atoms with van der Waals surface area (Å²) >= 11 is 1.39. The van der Waals surface area contributed by atoms with Crippen LogP contribution in [0, 0.1) is 11.3 Å². The first-order valence-electron chi connectivity index (χ1n) is 17.7. The Hall–Kier alpha value is -3.92. The van der Waals surface area contributed by atoms with Crippen molar-refractivity contribution in [3.63, 3.8) is 0 Å². The molecule has 4 N–H and O–H groups in total. The predicted molar refractivity (Wildman–Crippen MR) is 201 cm³/mol. The fraction of sp³-hybridized carbons (Fsp3) is 0.463. The van der Waals surface area contributed by atoms with Crippen molar-refractivity contribution in [2.24, 2.45) is 11.3 Å². The van der Waals surface area contributed by atoms with Gasteiger partial charge in [-0.1, -0.05) is 90.1 Å². The van der Waals surface area contributed by atoms with Crippen LogP contribution in [0.4, 0.5) is 0 Å². The van der Waals surface area contributed by atoms with Crippen molar-refractivity contribution in [2.75, 3.05) is 0 Å². The molecule has 0 radical (unpaired) electrons. The summed E-state index contributed by atoms with van der Waals surface area (Å²) in [5.41, 5.74) is 5.39. The highest BCUT2D eigenvalue weighted by Gasteiger charge is 2.30. The Labute approximate surface area is 300 Å². The van der Waals surface area contributed by atoms with Gasteiger partial charge in [0.1, 0.15) is 6.04 Å². The van der Waals surface area contributed by atoms with Crippen molar-refractivity contribution < 1.29 is 19.8 Å². The van der Waals surface area contributed by atoms with E-state index in [1.807, 2.05) is 42.7 Å². The summed E-state index contributed by atoms with van der Waals surface area (Å²) in [7, 11) is 0. The number of benzene rings is 2. The highest BCUT2D eigenvalue weighted by molar-refractivity contribution is 7.14. The molecule has 4 aromatic rings. The second-order valence-corrected chi connectivity index (χ2v) is 17.0. The molecular weight excluding hydrogens is 645 g/mol. The lowest BCUT2D eigenvalue weighted by atomic mass is 9.68. The van der Waals surface area contributed by atoms with Gasteiger partial charge in [-0.2, -0.15) is 0 Å². The lowest BCUT2D eigenvalue weighted by Gasteiger charge is -2.37. The van der Waals surface area contributed by atoms with E-state index in [0.717, 1.165) is 33.0 Å². The van der Waals surface area contributed by atoms with Gasteiger partial charge in [0.2, 0.25) is 5.91 Å². The number of aliphatic hydroxyl groups is 2. The van der Waals surface area contributed by atoms with Crippen molar-refractivity contribution in [3.05, 3.63) is 93.9 Å². The number of amides is 2. The zero-order chi connectivity index (χ0) is 36.2. The molecule has 50 heavy (non-hydrogen) atoms. The SMILES string of the molecule is C[C@@H](NC(=O)[C@H](Cc1ccc(-c2ncc(-c3ccc([C@H]4CC[C@@H](C(C)(C)C)CC4)cc3)cn2)cc1)NC(=O)c1ccc(C(C)(C)C)s1)C(O)O. The fourth-order valence-corrected chi connectivity index (χ4v) is 7.56. The van der Waals surface area contributed by atoms with Gasteiger partial charge in [0.25, 0.3) is 5.91 Å². The third-order valence-corrected chi connectivity index (χ3v) is 11.5. The average molecular weight is 697 g/mol. The van der Waals surface area contributed by atoms with E-state index in [-0.39, 0.29) is 17.7 Å². The van der Waals surface area contributed by atoms with Crippen molar-refractivity contribution >= 4 is 23.2 Å². The van der Waals surface area contributed by atoms with E-state index in [1.165, 1.54) is 49.5 Å². The molecule has 2 heterocycles. The van der Waals surface area contributed by atoms with E-state index >= 15 is 0 Å². The molecule has 0 spiro atoms. The Morgan fingerprint density at radius 2 is 1.40 bits per heavy atom. The van der Waals surface area contributed by atoms with Crippen LogP contribution in [-0.4, -0.2) is 50.4 Å². The number of nitrogens with zero attached hydrogens (tertiary/aromatic N) is 2. The number of carbonyl (C=O) groups is 2. The minimum absolute atomic E-state index is 0.102. The number of aromatic nitrogens is 2. The molecule has 0 saturated heterocycles. The summed E-state index contributed by atoms with van der Waals surface area (Å²) in [5, 5.41) is 24.5. The van der Waals surface area contributed by atoms with Gasteiger partial charge in [-0.05, 0) is 84.1 Å². The van der Waals surface area contributed by atoms with Crippen LogP contribution in [0.25, 0.3) is 22.5 Å². The smallest absolute Gasteiger partial charge is 0.262 e. The molecule has 1 aliphatic carbocycles. The topological polar surface area (TPSA) is 124 Å². The van der Waals surface area contributed by atoms with E-state index in [9.17, 15) is 19.8 Å². The molecule has 266 valence electrons. The largest absolute Gasteiger partial charge is 0.366 e. The van der Waals surface area contributed by atoms with Crippen LogP contribution in [0.1, 0.15) is 106 Å². The Morgan fingerprint density at radius 3 is 1.94 bits per heavy atom. The summed E-state index contributed by atoms with van der Waals surface area (Å²) in [6, 6.07) is 18.3. The molecule has 0 unspecified atom stereocenters. The molecule has 1 saturated carbocycles. The van der Waals surface area contributed by atoms with Crippen LogP contribution >= 0.6 is 11.3 Å². The molecule has 2 amide bonds. The zero-order valence-corrected chi connectivity index (χ0v) is 31.2. The van der Waals surface area contributed by atoms with Crippen molar-refractivity contribution in [1.82, 2.24) is 20.6 Å². The molecule has 2 aromatic carbocycles. The van der Waals surface area contributed by atoms with Gasteiger partial charge in [-0.3, -0.25) is 9.59 Å². The average Bonchev–Trinajstić information content (AvgIpc) is 3.60. The lowest BCUT2D eigenvalue weighted by molar-refractivity contribution is -0.128. The third-order valence-electron chi connectivity index (χ3n) is 9.98. The molecule has 1 fully saturated rings. The van der Waals surface area contributed by atoms with Gasteiger partial charge in [-0.25, -0.2) is 9.97 Å². The van der Waals surface area contributed by atoms with E-state index in [0.29, 0.717) is 22.0 Å². The van der Waals surface area contributed by atoms with Gasteiger partial charge < -0.3 is 20.8 Å². The van der Waals surface area contributed by atoms with Crippen LogP contribution in [0.3, 0.4) is 0 Å². The van der Waals surface area contributed by atoms with Gasteiger partial charge >= 0.3 is 0 Å². The number of thiophene rings is 1. The molecule has 5 rings (SSSR count). The maximum absolute atomic E-state index is 13.2. The van der Waals surface area contributed by atoms with Crippen LogP contribution in [0.15, 0.2) is 73.1 Å². The third kappa shape index (κ3) is 9.44. The lowest BCUT2D eigenvalue weighted by Crippen LogP contribution is -2.52. The highest BCUT2D eigenvalue weighted by Crippen LogP contribution is 2.43. The van der Waals surface area contributed by atoms with Gasteiger partial charge in [0.05, 0.1) is 10.9 Å². The zero-order valence-electron chi connectivity index (χ0n) is 30.4. The second kappa shape index (κ2) is 15.5. The predicted octanol–water partition coefficient (Wildman–Crippen LogP) is 7.65. The summed E-state index contributed by atoms with van der Waals surface area (Å²) in [6.07, 6.45) is 7.27. The standard InChI is InChI=1S/C41H52N4O4S/c1-25(39(48)49)44-37(46)33(45-38(47)34-20-21-35(50-34)41(5,6)7)22-26-8-10-30(11-9-26)36-42-23-31(24-43-36)29-14-12-27(13-15-29)28-16-18-32(19-17-28)40(2,3)4/h8-15,20-21,23-25,28,32-33,39,48-49H,16-19,22H2,1-7H3,(H,44,46)(H,45,47)/t25-,28-,32+,33+/m1/s1. The number of carbonyl (C=O) groups excluding carboxylic acids is 2. The summed E-state index contributed by atoms with van der Waals surface area (Å²) in [5.74, 6) is 1.16. The van der Waals surface area contributed by atoms with E-state index in [1.54, 1.807) is 6.07 Å². The number of hydrogen-bond acceptors (Lipinski definition) is 7. The van der Waals surface area contributed by atoms with Gasteiger partial charge in [-0.15, -0.1) is 11.3 Å². The summed E-state index contributed by atoms with van der Waals surface area (Å²) in [6.45, 7) is 14.8. The summed E-state index contributed by atoms with van der Waals surface area (Å²) < 4.78 is 0. The number of aliphatic hydroxyl groups excluding tert-OH is 1. The normalized spacial score (nSPS) is 18.0. The first-order chi connectivity index (χ1) is 23.6. The molecule has 0 bridgehead atoms. The Balaban J connectivity index is 1.23. The Morgan fingerprint density at radius 1 is 0.800 bits per heavy atom. The molecule has 9 heteroatoms. The second-order valence-electron chi connectivity index (χ2n) is 15.9. The van der Waals surface area contributed by atoms with E-state index < -0.39 is 24.3 Å². The fourth-order valence-electron chi connectivity index (χ4n) is 6.59. The van der Waals surface area contributed by atoms with Crippen LogP contribution < -0.4 is 10.6 Å². The minimum atomic E-state index is -1.73. The maximum Gasteiger partial charge on any atom is 0.262 e. The van der Waals surface area contributed by atoms with Crippen molar-refractivity contribution in [1.29, 1.82) is 0 Å². The molecular formula is C41H52N4O4S. The molecule has 2 atom stereocenters. The van der Waals surface area contributed by atoms with Crippen LogP contribution in [-0.2, 0) is 16.6 Å². The van der Waals surface area contributed by atoms with E-state index in [4.69, 9.17) is 0 Å². The number of rotatable bonds is 10. The maximum atomic E-state index is 13.2. The molecule has 2 aromatic heterocycles. The van der Waals surface area contributed by atoms with Crippen LogP contribution in [0.2, 0.25) is 0 Å². The van der Waals surface area contributed by atoms with E-state index in [2.05, 4.69) is 86.4 Å². The highest BCUT2D eigenvalue weighted by atomic mass is 32.1. The van der Waals surface area contributed by atoms with Crippen molar-refractivity contribution in [2.45, 2.75) is 110 Å². The molecule has 8 nitrogen and oxygen atoms in total. The van der Waals surface area contributed by atoms with Crippen LogP contribution in [0.5, 0.6) is 0 Å². The van der Waals surface area contributed by atoms with Crippen molar-refractivity contribution in [3.8, 4) is 22.5 Å². The molecule has 0 aliphatic heterocycles. The summed E-state index contributed by atoms with van der Waals surface area (Å²) in [4.78, 5) is 37.3. The Bertz CT molecular complexity index is 1730. The Kier molecular flexibility index (Phi) is 11.6. The monoisotopic (exact) mass is 696 g/mol. The van der Waals surface area contributed by atoms with Gasteiger partial charge in [0.15, 0.2) is 12.1 Å². The van der Waals surface area contributed by atoms with Gasteiger partial charge in [0, 0.05) is 34.8 Å².